The Balaban J connectivity index is 1.99. The minimum Gasteiger partial charge on any atom is -0.205 e. The van der Waals surface area contributed by atoms with Gasteiger partial charge in [-0.3, -0.25) is 0 Å². The molecule has 0 fully saturated rings. The topological polar surface area (TPSA) is 0 Å². The summed E-state index contributed by atoms with van der Waals surface area (Å²) in [5.74, 6) is 3.07. The van der Waals surface area contributed by atoms with Crippen molar-refractivity contribution in [1.82, 2.24) is 0 Å². The largest absolute Gasteiger partial charge is 0.205 e. The maximum atomic E-state index is 14.6. The number of fused-ring (bicyclic) bond motifs is 1. The van der Waals surface area contributed by atoms with Crippen molar-refractivity contribution < 1.29 is 13.2 Å². The van der Waals surface area contributed by atoms with Crippen molar-refractivity contribution in [3.8, 4) is 11.8 Å². The number of halogens is 3. The van der Waals surface area contributed by atoms with Gasteiger partial charge in [0, 0.05) is 10.9 Å². The SMILES string of the molecule is CCCc1ccc2c(F)c(C#Cc3ccc(F)c(F)c3)ccc2c1. The fraction of sp³-hybridized carbons (Fsp3) is 0.143. The van der Waals surface area contributed by atoms with Crippen LogP contribution in [0.15, 0.2) is 48.5 Å². The molecule has 0 spiro atoms. The fourth-order valence-corrected chi connectivity index (χ4v) is 2.60. The Morgan fingerprint density at radius 1 is 0.833 bits per heavy atom. The first kappa shape index (κ1) is 16.1. The van der Waals surface area contributed by atoms with Crippen molar-refractivity contribution in [2.24, 2.45) is 0 Å². The maximum Gasteiger partial charge on any atom is 0.160 e. The predicted octanol–water partition coefficient (Wildman–Crippen LogP) is 5.61. The van der Waals surface area contributed by atoms with Gasteiger partial charge >= 0.3 is 0 Å². The van der Waals surface area contributed by atoms with Gasteiger partial charge in [-0.2, -0.15) is 0 Å². The smallest absolute Gasteiger partial charge is 0.160 e. The Hall–Kier alpha value is -2.73. The Kier molecular flexibility index (Phi) is 4.57. The highest BCUT2D eigenvalue weighted by Gasteiger charge is 2.06. The molecular weight excluding hydrogens is 309 g/mol. The van der Waals surface area contributed by atoms with Crippen LogP contribution in [0, 0.1) is 29.3 Å². The summed E-state index contributed by atoms with van der Waals surface area (Å²) in [5.41, 5.74) is 1.70. The van der Waals surface area contributed by atoms with Gasteiger partial charge in [0.25, 0.3) is 0 Å². The molecule has 0 radical (unpaired) electrons. The van der Waals surface area contributed by atoms with E-state index >= 15 is 0 Å². The third kappa shape index (κ3) is 3.28. The minimum absolute atomic E-state index is 0.232. The van der Waals surface area contributed by atoms with E-state index in [1.807, 2.05) is 18.2 Å². The second-order valence-electron chi connectivity index (χ2n) is 5.61. The van der Waals surface area contributed by atoms with E-state index in [2.05, 4.69) is 18.8 Å². The van der Waals surface area contributed by atoms with Crippen LogP contribution in [-0.2, 0) is 6.42 Å². The van der Waals surface area contributed by atoms with Crippen molar-refractivity contribution in [3.05, 3.63) is 82.7 Å². The molecule has 3 rings (SSSR count). The molecule has 0 N–H and O–H groups in total. The molecule has 3 aromatic carbocycles. The zero-order valence-electron chi connectivity index (χ0n) is 13.2. The average Bonchev–Trinajstić information content (AvgIpc) is 2.57. The number of aryl methyl sites for hydroxylation is 1. The second-order valence-corrected chi connectivity index (χ2v) is 5.61. The van der Waals surface area contributed by atoms with Crippen LogP contribution in [0.1, 0.15) is 30.0 Å². The molecule has 24 heavy (non-hydrogen) atoms. The van der Waals surface area contributed by atoms with Crippen LogP contribution in [0.4, 0.5) is 13.2 Å². The van der Waals surface area contributed by atoms with Crippen LogP contribution in [0.3, 0.4) is 0 Å². The van der Waals surface area contributed by atoms with E-state index in [0.29, 0.717) is 10.9 Å². The van der Waals surface area contributed by atoms with Crippen molar-refractivity contribution in [3.63, 3.8) is 0 Å². The van der Waals surface area contributed by atoms with Gasteiger partial charge in [0.1, 0.15) is 5.82 Å². The Morgan fingerprint density at radius 2 is 1.67 bits per heavy atom. The van der Waals surface area contributed by atoms with Gasteiger partial charge in [-0.15, -0.1) is 0 Å². The molecule has 0 amide bonds. The standard InChI is InChI=1S/C21H15F3/c1-2-3-14-5-10-18-17(12-14)9-8-16(21(18)24)7-4-15-6-11-19(22)20(23)13-15/h5-6,8-13H,2-3H2,1H3. The summed E-state index contributed by atoms with van der Waals surface area (Å²) in [5, 5.41) is 1.34. The lowest BCUT2D eigenvalue weighted by atomic mass is 10.0. The van der Waals surface area contributed by atoms with Crippen LogP contribution >= 0.6 is 0 Å². The first-order chi connectivity index (χ1) is 11.6. The van der Waals surface area contributed by atoms with E-state index in [-0.39, 0.29) is 5.56 Å². The third-order valence-electron chi connectivity index (χ3n) is 3.82. The molecular formula is C21H15F3. The first-order valence-electron chi connectivity index (χ1n) is 7.76. The number of benzene rings is 3. The molecule has 0 aliphatic carbocycles. The molecule has 120 valence electrons. The van der Waals surface area contributed by atoms with Gasteiger partial charge in [0.2, 0.25) is 0 Å². The summed E-state index contributed by atoms with van der Waals surface area (Å²) in [6.45, 7) is 2.10. The zero-order valence-corrected chi connectivity index (χ0v) is 13.2. The molecule has 0 bridgehead atoms. The lowest BCUT2D eigenvalue weighted by Gasteiger charge is -2.05. The van der Waals surface area contributed by atoms with Crippen molar-refractivity contribution in [2.75, 3.05) is 0 Å². The minimum atomic E-state index is -0.968. The van der Waals surface area contributed by atoms with Gasteiger partial charge in [0.15, 0.2) is 11.6 Å². The third-order valence-corrected chi connectivity index (χ3v) is 3.82. The average molecular weight is 324 g/mol. The van der Waals surface area contributed by atoms with Gasteiger partial charge in [-0.1, -0.05) is 49.5 Å². The monoisotopic (exact) mass is 324 g/mol. The molecule has 0 atom stereocenters. The van der Waals surface area contributed by atoms with Crippen LogP contribution in [0.5, 0.6) is 0 Å². The van der Waals surface area contributed by atoms with Crippen LogP contribution in [0.2, 0.25) is 0 Å². The number of rotatable bonds is 2. The highest BCUT2D eigenvalue weighted by atomic mass is 19.2. The normalized spacial score (nSPS) is 10.5. The molecule has 0 aliphatic heterocycles. The van der Waals surface area contributed by atoms with Crippen LogP contribution < -0.4 is 0 Å². The lowest BCUT2D eigenvalue weighted by molar-refractivity contribution is 0.508. The quantitative estimate of drug-likeness (QED) is 0.538. The molecule has 0 nitrogen and oxygen atoms in total. The van der Waals surface area contributed by atoms with E-state index in [9.17, 15) is 13.2 Å². The number of hydrogen-bond donors (Lipinski definition) is 0. The summed E-state index contributed by atoms with van der Waals surface area (Å²) < 4.78 is 40.7. The summed E-state index contributed by atoms with van der Waals surface area (Å²) in [7, 11) is 0. The Morgan fingerprint density at radius 3 is 2.42 bits per heavy atom. The Labute approximate surface area is 138 Å². The Bertz CT molecular complexity index is 962. The number of hydrogen-bond acceptors (Lipinski definition) is 0. The lowest BCUT2D eigenvalue weighted by Crippen LogP contribution is -1.89. The molecule has 0 aliphatic rings. The van der Waals surface area contributed by atoms with Crippen molar-refractivity contribution in [2.45, 2.75) is 19.8 Å². The summed E-state index contributed by atoms with van der Waals surface area (Å²) in [4.78, 5) is 0. The molecule has 0 unspecified atom stereocenters. The molecule has 0 saturated heterocycles. The highest BCUT2D eigenvalue weighted by molar-refractivity contribution is 5.85. The van der Waals surface area contributed by atoms with E-state index in [0.717, 1.165) is 30.4 Å². The zero-order chi connectivity index (χ0) is 17.1. The fourth-order valence-electron chi connectivity index (χ4n) is 2.60. The van der Waals surface area contributed by atoms with E-state index < -0.39 is 17.5 Å². The van der Waals surface area contributed by atoms with Gasteiger partial charge in [-0.25, -0.2) is 13.2 Å². The van der Waals surface area contributed by atoms with Crippen molar-refractivity contribution >= 4 is 10.8 Å². The van der Waals surface area contributed by atoms with Gasteiger partial charge in [-0.05, 0) is 41.6 Å². The maximum absolute atomic E-state index is 14.6. The van der Waals surface area contributed by atoms with E-state index in [4.69, 9.17) is 0 Å². The van der Waals surface area contributed by atoms with E-state index in [1.165, 1.54) is 11.6 Å². The van der Waals surface area contributed by atoms with Crippen LogP contribution in [0.25, 0.3) is 10.8 Å². The van der Waals surface area contributed by atoms with Crippen LogP contribution in [-0.4, -0.2) is 0 Å². The van der Waals surface area contributed by atoms with Crippen molar-refractivity contribution in [1.29, 1.82) is 0 Å². The second kappa shape index (κ2) is 6.80. The molecule has 3 aromatic rings. The highest BCUT2D eigenvalue weighted by Crippen LogP contribution is 2.23. The van der Waals surface area contributed by atoms with E-state index in [1.54, 1.807) is 12.1 Å². The predicted molar refractivity (Wildman–Crippen MR) is 90.2 cm³/mol. The van der Waals surface area contributed by atoms with Gasteiger partial charge < -0.3 is 0 Å². The summed E-state index contributed by atoms with van der Waals surface area (Å²) >= 11 is 0. The molecule has 0 saturated carbocycles. The first-order valence-corrected chi connectivity index (χ1v) is 7.76. The van der Waals surface area contributed by atoms with Gasteiger partial charge in [0.05, 0.1) is 5.56 Å². The summed E-state index contributed by atoms with van der Waals surface area (Å²) in [6, 6.07) is 12.5. The molecule has 0 heterocycles. The molecule has 0 aromatic heterocycles. The molecule has 3 heteroatoms. The summed E-state index contributed by atoms with van der Waals surface area (Å²) in [6.07, 6.45) is 1.99.